The van der Waals surface area contributed by atoms with Gasteiger partial charge in [0.1, 0.15) is 12.1 Å². The van der Waals surface area contributed by atoms with Gasteiger partial charge in [0.15, 0.2) is 0 Å². The number of aromatic nitrogens is 3. The molecule has 7 nitrogen and oxygen atoms in total. The molecule has 2 amide bonds. The molecule has 7 heteroatoms. The molecule has 1 heterocycles. The van der Waals surface area contributed by atoms with E-state index in [4.69, 9.17) is 0 Å². The van der Waals surface area contributed by atoms with Crippen LogP contribution in [0.2, 0.25) is 0 Å². The van der Waals surface area contributed by atoms with Crippen molar-refractivity contribution in [3.63, 3.8) is 0 Å². The van der Waals surface area contributed by atoms with E-state index in [1.54, 1.807) is 9.58 Å². The summed E-state index contributed by atoms with van der Waals surface area (Å²) < 4.78 is 1.57. The van der Waals surface area contributed by atoms with E-state index in [-0.39, 0.29) is 24.9 Å². The average Bonchev–Trinajstić information content (AvgIpc) is 3.06. The first-order valence-electron chi connectivity index (χ1n) is 9.00. The van der Waals surface area contributed by atoms with Crippen molar-refractivity contribution in [2.24, 2.45) is 0 Å². The highest BCUT2D eigenvalue weighted by Crippen LogP contribution is 2.13. The number of fused-ring (bicyclic) bond motifs is 1. The monoisotopic (exact) mass is 365 g/mol. The summed E-state index contributed by atoms with van der Waals surface area (Å²) in [4.78, 5) is 26.7. The normalized spacial score (nSPS) is 10.7. The van der Waals surface area contributed by atoms with E-state index >= 15 is 0 Å². The van der Waals surface area contributed by atoms with E-state index in [9.17, 15) is 9.59 Å². The Morgan fingerprint density at radius 1 is 1.11 bits per heavy atom. The van der Waals surface area contributed by atoms with Gasteiger partial charge in [-0.15, -0.1) is 5.10 Å². The van der Waals surface area contributed by atoms with Crippen LogP contribution < -0.4 is 5.32 Å². The summed E-state index contributed by atoms with van der Waals surface area (Å²) in [6.07, 6.45) is 0.765. The zero-order valence-corrected chi connectivity index (χ0v) is 15.6. The molecule has 0 radical (unpaired) electrons. The Bertz CT molecular complexity index is 950. The number of hydrogen-bond donors (Lipinski definition) is 1. The van der Waals surface area contributed by atoms with Gasteiger partial charge in [0.05, 0.1) is 12.1 Å². The summed E-state index contributed by atoms with van der Waals surface area (Å²) in [6.45, 7) is 4.48. The zero-order valence-electron chi connectivity index (χ0n) is 15.6. The van der Waals surface area contributed by atoms with Crippen LogP contribution in [-0.2, 0) is 16.1 Å². The first-order valence-corrected chi connectivity index (χ1v) is 9.00. The van der Waals surface area contributed by atoms with Crippen molar-refractivity contribution in [2.45, 2.75) is 26.8 Å². The lowest BCUT2D eigenvalue weighted by Gasteiger charge is -2.22. The molecule has 1 aromatic heterocycles. The van der Waals surface area contributed by atoms with Gasteiger partial charge >= 0.3 is 0 Å². The van der Waals surface area contributed by atoms with E-state index < -0.39 is 0 Å². The first-order chi connectivity index (χ1) is 13.1. The largest absolute Gasteiger partial charge is 0.332 e. The molecular weight excluding hydrogens is 342 g/mol. The lowest BCUT2D eigenvalue weighted by molar-refractivity contribution is -0.135. The van der Waals surface area contributed by atoms with Crippen LogP contribution >= 0.6 is 0 Å². The van der Waals surface area contributed by atoms with E-state index in [2.05, 4.69) is 15.6 Å². The number of benzene rings is 2. The standard InChI is InChI=1S/C20H23N5O2/c1-3-12-24(13-19(26)21-16-9-5-4-8-15(16)2)20(27)14-25-18-11-7-6-10-17(18)22-23-25/h4-11H,3,12-14H2,1-2H3,(H,21,26). The Labute approximate surface area is 158 Å². The van der Waals surface area contributed by atoms with Crippen LogP contribution in [-0.4, -0.2) is 44.8 Å². The summed E-state index contributed by atoms with van der Waals surface area (Å²) in [5, 5.41) is 11.0. The summed E-state index contributed by atoms with van der Waals surface area (Å²) in [5.74, 6) is -0.373. The van der Waals surface area contributed by atoms with Crippen LogP contribution in [0.5, 0.6) is 0 Å². The number of amides is 2. The van der Waals surface area contributed by atoms with Crippen LogP contribution in [0, 0.1) is 6.92 Å². The summed E-state index contributed by atoms with van der Waals surface area (Å²) in [7, 11) is 0. The Balaban J connectivity index is 1.68. The Morgan fingerprint density at radius 3 is 2.63 bits per heavy atom. The van der Waals surface area contributed by atoms with Gasteiger partial charge < -0.3 is 10.2 Å². The summed E-state index contributed by atoms with van der Waals surface area (Å²) in [6, 6.07) is 15.0. The second-order valence-corrected chi connectivity index (χ2v) is 6.41. The van der Waals surface area contributed by atoms with Gasteiger partial charge in [-0.05, 0) is 37.1 Å². The fourth-order valence-electron chi connectivity index (χ4n) is 2.90. The maximum atomic E-state index is 12.8. The Hall–Kier alpha value is -3.22. The van der Waals surface area contributed by atoms with Gasteiger partial charge in [-0.1, -0.05) is 42.5 Å². The van der Waals surface area contributed by atoms with Crippen molar-refractivity contribution in [3.8, 4) is 0 Å². The fourth-order valence-corrected chi connectivity index (χ4v) is 2.90. The predicted molar refractivity (Wildman–Crippen MR) is 104 cm³/mol. The number of rotatable bonds is 7. The SMILES string of the molecule is CCCN(CC(=O)Nc1ccccc1C)C(=O)Cn1nnc2ccccc21. The predicted octanol–water partition coefficient (Wildman–Crippen LogP) is 2.62. The molecule has 0 saturated heterocycles. The number of aryl methyl sites for hydroxylation is 1. The molecule has 1 N–H and O–H groups in total. The zero-order chi connectivity index (χ0) is 19.2. The van der Waals surface area contributed by atoms with Gasteiger partial charge in [0, 0.05) is 12.2 Å². The van der Waals surface area contributed by atoms with Crippen LogP contribution in [0.1, 0.15) is 18.9 Å². The van der Waals surface area contributed by atoms with Gasteiger partial charge in [-0.3, -0.25) is 9.59 Å². The molecule has 3 rings (SSSR count). The summed E-state index contributed by atoms with van der Waals surface area (Å²) in [5.41, 5.74) is 3.28. The minimum atomic E-state index is -0.213. The number of anilines is 1. The lowest BCUT2D eigenvalue weighted by Crippen LogP contribution is -2.40. The maximum absolute atomic E-state index is 12.8. The van der Waals surface area contributed by atoms with Crippen molar-refractivity contribution in [2.75, 3.05) is 18.4 Å². The highest BCUT2D eigenvalue weighted by atomic mass is 16.2. The third kappa shape index (κ3) is 4.49. The molecule has 0 aliphatic heterocycles. The number of hydrogen-bond acceptors (Lipinski definition) is 4. The minimum absolute atomic E-state index is 0.00758. The number of para-hydroxylation sites is 2. The molecule has 3 aromatic rings. The van der Waals surface area contributed by atoms with E-state index in [0.29, 0.717) is 6.54 Å². The van der Waals surface area contributed by atoms with Crippen molar-refractivity contribution in [1.82, 2.24) is 19.9 Å². The number of nitrogens with zero attached hydrogens (tertiary/aromatic N) is 4. The number of carbonyl (C=O) groups excluding carboxylic acids is 2. The van der Waals surface area contributed by atoms with Crippen molar-refractivity contribution in [1.29, 1.82) is 0 Å². The van der Waals surface area contributed by atoms with Crippen LogP contribution in [0.3, 0.4) is 0 Å². The topological polar surface area (TPSA) is 80.1 Å². The van der Waals surface area contributed by atoms with E-state index in [1.165, 1.54) is 0 Å². The average molecular weight is 365 g/mol. The number of nitrogens with one attached hydrogen (secondary N) is 1. The molecule has 0 spiro atoms. The molecule has 27 heavy (non-hydrogen) atoms. The van der Waals surface area contributed by atoms with Crippen molar-refractivity contribution < 1.29 is 9.59 Å². The molecule has 0 bridgehead atoms. The fraction of sp³-hybridized carbons (Fsp3) is 0.300. The van der Waals surface area contributed by atoms with Crippen LogP contribution in [0.15, 0.2) is 48.5 Å². The first kappa shape index (κ1) is 18.6. The molecule has 0 aliphatic rings. The van der Waals surface area contributed by atoms with Gasteiger partial charge in [-0.2, -0.15) is 0 Å². The molecule has 0 atom stereocenters. The van der Waals surface area contributed by atoms with Gasteiger partial charge in [-0.25, -0.2) is 4.68 Å². The van der Waals surface area contributed by atoms with E-state index in [0.717, 1.165) is 28.7 Å². The van der Waals surface area contributed by atoms with Crippen LogP contribution in [0.4, 0.5) is 5.69 Å². The second kappa shape index (κ2) is 8.44. The second-order valence-electron chi connectivity index (χ2n) is 6.41. The Kier molecular flexibility index (Phi) is 5.80. The minimum Gasteiger partial charge on any atom is -0.332 e. The third-order valence-corrected chi connectivity index (χ3v) is 4.31. The summed E-state index contributed by atoms with van der Waals surface area (Å²) >= 11 is 0. The maximum Gasteiger partial charge on any atom is 0.244 e. The van der Waals surface area contributed by atoms with Crippen molar-refractivity contribution in [3.05, 3.63) is 54.1 Å². The molecule has 0 aliphatic carbocycles. The lowest BCUT2D eigenvalue weighted by atomic mass is 10.2. The quantitative estimate of drug-likeness (QED) is 0.698. The number of carbonyl (C=O) groups is 2. The molecule has 0 fully saturated rings. The Morgan fingerprint density at radius 2 is 1.85 bits per heavy atom. The molecule has 0 unspecified atom stereocenters. The molecule has 2 aromatic carbocycles. The van der Waals surface area contributed by atoms with E-state index in [1.807, 2.05) is 62.4 Å². The van der Waals surface area contributed by atoms with Crippen LogP contribution in [0.25, 0.3) is 11.0 Å². The third-order valence-electron chi connectivity index (χ3n) is 4.31. The van der Waals surface area contributed by atoms with Gasteiger partial charge in [0.25, 0.3) is 0 Å². The van der Waals surface area contributed by atoms with Crippen molar-refractivity contribution >= 4 is 28.5 Å². The smallest absolute Gasteiger partial charge is 0.244 e. The molecule has 140 valence electrons. The highest BCUT2D eigenvalue weighted by molar-refractivity contribution is 5.95. The highest BCUT2D eigenvalue weighted by Gasteiger charge is 2.18. The molecular formula is C20H23N5O2. The van der Waals surface area contributed by atoms with Gasteiger partial charge in [0.2, 0.25) is 11.8 Å². The molecule has 0 saturated carbocycles.